The monoisotopic (exact) mass is 340 g/mol. The molecular weight excluding hydrogens is 319 g/mol. The summed E-state index contributed by atoms with van der Waals surface area (Å²) in [6.07, 6.45) is 4.90. The molecule has 0 fully saturated rings. The Kier molecular flexibility index (Phi) is 5.09. The van der Waals surface area contributed by atoms with Gasteiger partial charge in [-0.2, -0.15) is 0 Å². The van der Waals surface area contributed by atoms with Gasteiger partial charge in [0, 0.05) is 31.0 Å². The Hall–Kier alpha value is -2.73. The van der Waals surface area contributed by atoms with E-state index in [-0.39, 0.29) is 17.9 Å². The zero-order valence-electron chi connectivity index (χ0n) is 14.5. The van der Waals surface area contributed by atoms with Crippen LogP contribution in [0.4, 0.5) is 4.39 Å². The molecule has 5 nitrogen and oxygen atoms in total. The number of hydrogen-bond acceptors (Lipinski definition) is 4. The molecule has 25 heavy (non-hydrogen) atoms. The van der Waals surface area contributed by atoms with Gasteiger partial charge in [-0.05, 0) is 25.1 Å². The van der Waals surface area contributed by atoms with Gasteiger partial charge in [0.15, 0.2) is 0 Å². The number of aromatic nitrogens is 3. The van der Waals surface area contributed by atoms with E-state index < -0.39 is 0 Å². The number of aryl methyl sites for hydroxylation is 1. The van der Waals surface area contributed by atoms with Crippen LogP contribution in [0.3, 0.4) is 0 Å². The number of nitrogens with zero attached hydrogens (tertiary/aromatic N) is 3. The zero-order valence-corrected chi connectivity index (χ0v) is 14.5. The van der Waals surface area contributed by atoms with Crippen LogP contribution in [-0.4, -0.2) is 21.6 Å². The van der Waals surface area contributed by atoms with Gasteiger partial charge in [0.2, 0.25) is 0 Å². The van der Waals surface area contributed by atoms with E-state index in [9.17, 15) is 4.39 Å². The van der Waals surface area contributed by atoms with E-state index in [0.29, 0.717) is 0 Å². The summed E-state index contributed by atoms with van der Waals surface area (Å²) in [5.41, 5.74) is 1.74. The summed E-state index contributed by atoms with van der Waals surface area (Å²) in [5.74, 6) is 1.29. The van der Waals surface area contributed by atoms with Crippen LogP contribution < -0.4 is 10.1 Å². The molecule has 6 heteroatoms. The average molecular weight is 340 g/mol. The fourth-order valence-corrected chi connectivity index (χ4v) is 2.84. The predicted molar refractivity (Wildman–Crippen MR) is 93.8 cm³/mol. The van der Waals surface area contributed by atoms with Crippen molar-refractivity contribution < 1.29 is 9.13 Å². The quantitative estimate of drug-likeness (QED) is 0.747. The highest BCUT2D eigenvalue weighted by atomic mass is 19.1. The molecule has 0 bridgehead atoms. The van der Waals surface area contributed by atoms with E-state index in [1.54, 1.807) is 19.4 Å². The van der Waals surface area contributed by atoms with Gasteiger partial charge in [-0.15, -0.1) is 0 Å². The summed E-state index contributed by atoms with van der Waals surface area (Å²) in [4.78, 5) is 8.67. The van der Waals surface area contributed by atoms with Gasteiger partial charge >= 0.3 is 0 Å². The molecule has 0 radical (unpaired) electrons. The van der Waals surface area contributed by atoms with Crippen molar-refractivity contribution >= 4 is 0 Å². The molecule has 0 unspecified atom stereocenters. The van der Waals surface area contributed by atoms with Crippen LogP contribution in [0.15, 0.2) is 55.0 Å². The molecule has 0 aliphatic rings. The first-order valence-corrected chi connectivity index (χ1v) is 8.07. The van der Waals surface area contributed by atoms with Crippen LogP contribution in [0.25, 0.3) is 0 Å². The van der Waals surface area contributed by atoms with E-state index in [4.69, 9.17) is 4.74 Å². The molecule has 3 rings (SSSR count). The Morgan fingerprint density at radius 3 is 2.60 bits per heavy atom. The number of halogens is 1. The van der Waals surface area contributed by atoms with Crippen molar-refractivity contribution in [1.29, 1.82) is 0 Å². The van der Waals surface area contributed by atoms with Crippen molar-refractivity contribution in [1.82, 2.24) is 19.9 Å². The number of rotatable bonds is 6. The Bertz CT molecular complexity index is 831. The third-order valence-electron chi connectivity index (χ3n) is 4.18. The van der Waals surface area contributed by atoms with Gasteiger partial charge < -0.3 is 9.30 Å². The number of nitrogens with one attached hydrogen (secondary N) is 1. The lowest BCUT2D eigenvalue weighted by atomic mass is 10.0. The molecule has 0 spiro atoms. The molecule has 2 heterocycles. The van der Waals surface area contributed by atoms with E-state index in [1.165, 1.54) is 12.3 Å². The van der Waals surface area contributed by atoms with Crippen LogP contribution in [-0.2, 0) is 7.05 Å². The normalized spacial score (nSPS) is 13.4. The summed E-state index contributed by atoms with van der Waals surface area (Å²) in [6, 6.07) is 10.6. The second-order valence-electron chi connectivity index (χ2n) is 5.86. The lowest BCUT2D eigenvalue weighted by molar-refractivity contribution is 0.396. The molecule has 2 atom stereocenters. The first kappa shape index (κ1) is 17.1. The maximum atomic E-state index is 13.1. The standard InChI is InChI=1S/C19H21FN4O/c1-13(16-9-8-14(20)12-22-16)23-18(19-21-10-11-24(19)2)15-6-4-5-7-17(15)25-3/h4-13,18,23H,1-3H3/t13-,18+/m0/s1. The number of ether oxygens (including phenoxy) is 1. The van der Waals surface area contributed by atoms with Crippen molar-refractivity contribution in [2.24, 2.45) is 7.05 Å². The van der Waals surface area contributed by atoms with E-state index in [0.717, 1.165) is 22.8 Å². The summed E-state index contributed by atoms with van der Waals surface area (Å²) in [6.45, 7) is 1.99. The second-order valence-corrected chi connectivity index (χ2v) is 5.86. The number of pyridine rings is 1. The van der Waals surface area contributed by atoms with Crippen molar-refractivity contribution in [3.63, 3.8) is 0 Å². The van der Waals surface area contributed by atoms with Crippen LogP contribution >= 0.6 is 0 Å². The highest BCUT2D eigenvalue weighted by Crippen LogP contribution is 2.31. The highest BCUT2D eigenvalue weighted by Gasteiger charge is 2.24. The van der Waals surface area contributed by atoms with E-state index >= 15 is 0 Å². The molecule has 1 N–H and O–H groups in total. The minimum absolute atomic E-state index is 0.104. The fourth-order valence-electron chi connectivity index (χ4n) is 2.84. The molecule has 0 saturated carbocycles. The summed E-state index contributed by atoms with van der Waals surface area (Å²) >= 11 is 0. The van der Waals surface area contributed by atoms with Gasteiger partial charge in [0.05, 0.1) is 25.0 Å². The van der Waals surface area contributed by atoms with Crippen LogP contribution in [0.2, 0.25) is 0 Å². The van der Waals surface area contributed by atoms with Crippen molar-refractivity contribution in [3.8, 4) is 5.75 Å². The van der Waals surface area contributed by atoms with E-state index in [1.807, 2.05) is 49.0 Å². The maximum Gasteiger partial charge on any atom is 0.141 e. The smallest absolute Gasteiger partial charge is 0.141 e. The molecule has 2 aromatic heterocycles. The van der Waals surface area contributed by atoms with Crippen molar-refractivity contribution in [2.45, 2.75) is 19.0 Å². The van der Waals surface area contributed by atoms with Gasteiger partial charge in [0.1, 0.15) is 17.4 Å². The van der Waals surface area contributed by atoms with Gasteiger partial charge in [-0.25, -0.2) is 9.37 Å². The Morgan fingerprint density at radius 2 is 1.96 bits per heavy atom. The van der Waals surface area contributed by atoms with E-state index in [2.05, 4.69) is 15.3 Å². The Balaban J connectivity index is 1.97. The Labute approximate surface area is 146 Å². The van der Waals surface area contributed by atoms with Gasteiger partial charge in [0.25, 0.3) is 0 Å². The first-order valence-electron chi connectivity index (χ1n) is 8.07. The molecule has 1 aromatic carbocycles. The third kappa shape index (κ3) is 3.69. The molecule has 0 saturated heterocycles. The van der Waals surface area contributed by atoms with Gasteiger partial charge in [-0.3, -0.25) is 10.3 Å². The average Bonchev–Trinajstić information content (AvgIpc) is 3.06. The zero-order chi connectivity index (χ0) is 17.8. The number of para-hydroxylation sites is 1. The maximum absolute atomic E-state index is 13.1. The van der Waals surface area contributed by atoms with Crippen LogP contribution in [0.1, 0.15) is 36.1 Å². The third-order valence-corrected chi connectivity index (χ3v) is 4.18. The van der Waals surface area contributed by atoms with Crippen LogP contribution in [0, 0.1) is 5.82 Å². The second kappa shape index (κ2) is 7.44. The highest BCUT2D eigenvalue weighted by molar-refractivity contribution is 5.39. The van der Waals surface area contributed by atoms with Crippen molar-refractivity contribution in [3.05, 3.63) is 77.9 Å². The van der Waals surface area contributed by atoms with Crippen molar-refractivity contribution in [2.75, 3.05) is 7.11 Å². The summed E-state index contributed by atoms with van der Waals surface area (Å²) in [7, 11) is 3.60. The molecular formula is C19H21FN4O. The topological polar surface area (TPSA) is 52.0 Å². The van der Waals surface area contributed by atoms with Crippen LogP contribution in [0.5, 0.6) is 5.75 Å². The lowest BCUT2D eigenvalue weighted by Gasteiger charge is -2.24. The SMILES string of the molecule is COc1ccccc1[C@@H](N[C@@H](C)c1ccc(F)cn1)c1nccn1C. The number of hydrogen-bond donors (Lipinski definition) is 1. The fraction of sp³-hybridized carbons (Fsp3) is 0.263. The molecule has 130 valence electrons. The minimum Gasteiger partial charge on any atom is -0.496 e. The summed E-state index contributed by atoms with van der Waals surface area (Å²) in [5, 5.41) is 3.54. The number of methoxy groups -OCH3 is 1. The molecule has 0 amide bonds. The largest absolute Gasteiger partial charge is 0.496 e. The number of imidazole rings is 1. The first-order chi connectivity index (χ1) is 12.1. The molecule has 0 aliphatic heterocycles. The van der Waals surface area contributed by atoms with Gasteiger partial charge in [-0.1, -0.05) is 18.2 Å². The number of benzene rings is 1. The summed E-state index contributed by atoms with van der Waals surface area (Å²) < 4.78 is 20.6. The predicted octanol–water partition coefficient (Wildman–Crippen LogP) is 3.40. The molecule has 3 aromatic rings. The molecule has 0 aliphatic carbocycles. The Morgan fingerprint density at radius 1 is 1.16 bits per heavy atom. The lowest BCUT2D eigenvalue weighted by Crippen LogP contribution is -2.28. The minimum atomic E-state index is -0.346.